The maximum Gasteiger partial charge on any atom is 0.255 e. The molecule has 1 aliphatic heterocycles. The Morgan fingerprint density at radius 3 is 2.18 bits per heavy atom. The van der Waals surface area contributed by atoms with Crippen LogP contribution in [-0.4, -0.2) is 52.4 Å². The van der Waals surface area contributed by atoms with Crippen LogP contribution in [0.15, 0.2) is 54.6 Å². The topological polar surface area (TPSA) is 45.6 Å². The van der Waals surface area contributed by atoms with Gasteiger partial charge in [0.05, 0.1) is 11.3 Å². The van der Waals surface area contributed by atoms with Gasteiger partial charge in [0.25, 0.3) is 5.91 Å². The van der Waals surface area contributed by atoms with E-state index in [1.54, 1.807) is 23.1 Å². The highest BCUT2D eigenvalue weighted by Crippen LogP contribution is 2.31. The van der Waals surface area contributed by atoms with Gasteiger partial charge in [0, 0.05) is 48.5 Å². The largest absolute Gasteiger partial charge is 0.339 e. The molecule has 0 spiro atoms. The second-order valence-electron chi connectivity index (χ2n) is 8.62. The zero-order valence-corrected chi connectivity index (χ0v) is 19.8. The van der Waals surface area contributed by atoms with E-state index < -0.39 is 0 Å². The lowest BCUT2D eigenvalue weighted by atomic mass is 10.1. The molecule has 0 N–H and O–H groups in total. The Morgan fingerprint density at radius 2 is 1.58 bits per heavy atom. The van der Waals surface area contributed by atoms with Crippen molar-refractivity contribution in [2.24, 2.45) is 5.92 Å². The van der Waals surface area contributed by atoms with E-state index in [0.717, 1.165) is 17.0 Å². The van der Waals surface area contributed by atoms with Crippen molar-refractivity contribution in [2.45, 2.75) is 20.8 Å². The summed E-state index contributed by atoms with van der Waals surface area (Å²) in [5.74, 6) is -0.381. The molecule has 2 amide bonds. The fraction of sp³-hybridized carbons (Fsp3) is 0.308. The molecule has 2 aromatic carbocycles. The summed E-state index contributed by atoms with van der Waals surface area (Å²) >= 11 is 6.07. The second kappa shape index (κ2) is 9.40. The molecule has 4 rings (SSSR count). The average Bonchev–Trinajstić information content (AvgIpc) is 3.15. The summed E-state index contributed by atoms with van der Waals surface area (Å²) in [7, 11) is 0. The third kappa shape index (κ3) is 4.67. The third-order valence-electron chi connectivity index (χ3n) is 6.06. The average molecular weight is 468 g/mol. The number of carbonyl (C=O) groups is 2. The summed E-state index contributed by atoms with van der Waals surface area (Å²) in [5, 5.41) is 0.615. The van der Waals surface area contributed by atoms with Crippen molar-refractivity contribution in [1.82, 2.24) is 14.4 Å². The molecule has 7 heteroatoms. The van der Waals surface area contributed by atoms with Crippen LogP contribution in [0, 0.1) is 18.7 Å². The summed E-state index contributed by atoms with van der Waals surface area (Å²) in [5.41, 5.74) is 3.60. The molecule has 1 saturated heterocycles. The fourth-order valence-electron chi connectivity index (χ4n) is 4.27. The molecule has 1 aliphatic rings. The number of aromatic nitrogens is 1. The van der Waals surface area contributed by atoms with Gasteiger partial charge in [0.1, 0.15) is 5.82 Å². The molecule has 0 atom stereocenters. The molecule has 2 heterocycles. The molecule has 0 bridgehead atoms. The van der Waals surface area contributed by atoms with Crippen LogP contribution in [0.5, 0.6) is 0 Å². The first-order valence-corrected chi connectivity index (χ1v) is 11.5. The smallest absolute Gasteiger partial charge is 0.255 e. The number of rotatable bonds is 4. The summed E-state index contributed by atoms with van der Waals surface area (Å²) in [6.45, 7) is 7.66. The van der Waals surface area contributed by atoms with E-state index in [4.69, 9.17) is 11.6 Å². The van der Waals surface area contributed by atoms with Crippen molar-refractivity contribution in [3.8, 4) is 16.9 Å². The summed E-state index contributed by atoms with van der Waals surface area (Å²) in [6, 6.07) is 15.5. The summed E-state index contributed by atoms with van der Waals surface area (Å²) in [4.78, 5) is 29.4. The Balaban J connectivity index is 1.69. The second-order valence-corrected chi connectivity index (χ2v) is 9.06. The van der Waals surface area contributed by atoms with E-state index in [1.165, 1.54) is 12.1 Å². The predicted molar refractivity (Wildman–Crippen MR) is 128 cm³/mol. The van der Waals surface area contributed by atoms with Crippen molar-refractivity contribution in [1.29, 1.82) is 0 Å². The van der Waals surface area contributed by atoms with Crippen molar-refractivity contribution >= 4 is 23.4 Å². The molecule has 5 nitrogen and oxygen atoms in total. The van der Waals surface area contributed by atoms with Crippen LogP contribution in [-0.2, 0) is 4.79 Å². The number of benzene rings is 2. The van der Waals surface area contributed by atoms with Gasteiger partial charge in [-0.25, -0.2) is 4.39 Å². The predicted octanol–water partition coefficient (Wildman–Crippen LogP) is 5.19. The van der Waals surface area contributed by atoms with Gasteiger partial charge in [0.2, 0.25) is 5.91 Å². The fourth-order valence-corrected chi connectivity index (χ4v) is 4.40. The number of hydrogen-bond donors (Lipinski definition) is 0. The number of carbonyl (C=O) groups excluding carboxylic acids is 2. The Hall–Kier alpha value is -3.12. The Kier molecular flexibility index (Phi) is 6.56. The first kappa shape index (κ1) is 23.1. The number of halogens is 2. The highest BCUT2D eigenvalue weighted by Gasteiger charge is 2.28. The van der Waals surface area contributed by atoms with E-state index >= 15 is 0 Å². The standard InChI is InChI=1S/C26H27ClFN3O2/c1-17(2)25(32)29-11-13-30(14-12-29)26(33)23-16-24(19-7-9-20(27)10-8-19)31(18(23)3)22-6-4-5-21(28)15-22/h4-10,15-17H,11-14H2,1-3H3. The lowest BCUT2D eigenvalue weighted by Gasteiger charge is -2.35. The molecule has 1 aromatic heterocycles. The van der Waals surface area contributed by atoms with E-state index in [-0.39, 0.29) is 23.5 Å². The Morgan fingerprint density at radius 1 is 0.939 bits per heavy atom. The van der Waals surface area contributed by atoms with Gasteiger partial charge in [-0.1, -0.05) is 43.6 Å². The first-order valence-electron chi connectivity index (χ1n) is 11.1. The highest BCUT2D eigenvalue weighted by molar-refractivity contribution is 6.30. The Labute approximate surface area is 198 Å². The zero-order valence-electron chi connectivity index (χ0n) is 19.0. The van der Waals surface area contributed by atoms with Gasteiger partial charge in [0.15, 0.2) is 0 Å². The van der Waals surface area contributed by atoms with Gasteiger partial charge in [-0.3, -0.25) is 9.59 Å². The van der Waals surface area contributed by atoms with E-state index in [0.29, 0.717) is 42.5 Å². The minimum absolute atomic E-state index is 0.0586. The molecule has 3 aromatic rings. The van der Waals surface area contributed by atoms with Crippen LogP contribution in [0.1, 0.15) is 29.9 Å². The lowest BCUT2D eigenvalue weighted by molar-refractivity contribution is -0.135. The number of amides is 2. The SMILES string of the molecule is Cc1c(C(=O)N2CCN(C(=O)C(C)C)CC2)cc(-c2ccc(Cl)cc2)n1-c1cccc(F)c1. The van der Waals surface area contributed by atoms with Crippen LogP contribution in [0.2, 0.25) is 5.02 Å². The molecule has 172 valence electrons. The number of nitrogens with zero attached hydrogens (tertiary/aromatic N) is 3. The van der Waals surface area contributed by atoms with Crippen molar-refractivity contribution in [2.75, 3.05) is 26.2 Å². The van der Waals surface area contributed by atoms with Crippen molar-refractivity contribution in [3.63, 3.8) is 0 Å². The Bertz CT molecular complexity index is 1180. The normalized spacial score (nSPS) is 14.1. The molecular formula is C26H27ClFN3O2. The third-order valence-corrected chi connectivity index (χ3v) is 6.31. The number of piperazine rings is 1. The molecule has 0 radical (unpaired) electrons. The van der Waals surface area contributed by atoms with Crippen LogP contribution < -0.4 is 0 Å². The summed E-state index contributed by atoms with van der Waals surface area (Å²) < 4.78 is 15.9. The van der Waals surface area contributed by atoms with Gasteiger partial charge in [-0.05, 0) is 48.9 Å². The number of hydrogen-bond acceptors (Lipinski definition) is 2. The van der Waals surface area contributed by atoms with Gasteiger partial charge in [-0.2, -0.15) is 0 Å². The lowest BCUT2D eigenvalue weighted by Crippen LogP contribution is -2.51. The van der Waals surface area contributed by atoms with E-state index in [9.17, 15) is 14.0 Å². The van der Waals surface area contributed by atoms with Gasteiger partial charge in [-0.15, -0.1) is 0 Å². The van der Waals surface area contributed by atoms with Gasteiger partial charge >= 0.3 is 0 Å². The first-order chi connectivity index (χ1) is 15.8. The molecule has 0 unspecified atom stereocenters. The minimum Gasteiger partial charge on any atom is -0.339 e. The molecule has 0 aliphatic carbocycles. The van der Waals surface area contributed by atoms with Crippen LogP contribution in [0.3, 0.4) is 0 Å². The maximum absolute atomic E-state index is 14.0. The van der Waals surface area contributed by atoms with E-state index in [2.05, 4.69) is 0 Å². The van der Waals surface area contributed by atoms with Crippen molar-refractivity contribution in [3.05, 3.63) is 76.7 Å². The zero-order chi connectivity index (χ0) is 23.7. The van der Waals surface area contributed by atoms with Crippen molar-refractivity contribution < 1.29 is 14.0 Å². The maximum atomic E-state index is 14.0. The molecule has 1 fully saturated rings. The quantitative estimate of drug-likeness (QED) is 0.530. The minimum atomic E-state index is -0.346. The molecule has 33 heavy (non-hydrogen) atoms. The molecular weight excluding hydrogens is 441 g/mol. The van der Waals surface area contributed by atoms with Crippen LogP contribution in [0.25, 0.3) is 16.9 Å². The molecule has 0 saturated carbocycles. The monoisotopic (exact) mass is 467 g/mol. The van der Waals surface area contributed by atoms with Crippen LogP contribution in [0.4, 0.5) is 4.39 Å². The van der Waals surface area contributed by atoms with E-state index in [1.807, 2.05) is 54.5 Å². The highest BCUT2D eigenvalue weighted by atomic mass is 35.5. The summed E-state index contributed by atoms with van der Waals surface area (Å²) in [6.07, 6.45) is 0. The van der Waals surface area contributed by atoms with Gasteiger partial charge < -0.3 is 14.4 Å². The van der Waals surface area contributed by atoms with Crippen LogP contribution >= 0.6 is 11.6 Å².